The van der Waals surface area contributed by atoms with Crippen LogP contribution in [0.4, 0.5) is 0 Å². The number of ketones is 1. The van der Waals surface area contributed by atoms with Crippen molar-refractivity contribution in [2.75, 3.05) is 0 Å². The molecule has 0 aliphatic carbocycles. The molecule has 0 fully saturated rings. The van der Waals surface area contributed by atoms with Gasteiger partial charge in [0.05, 0.1) is 0 Å². The van der Waals surface area contributed by atoms with Gasteiger partial charge in [0.15, 0.2) is 0 Å². The zero-order chi connectivity index (χ0) is 17.2. The number of Topliss-reactive ketones (excluding diaryl/α,β-unsaturated/α-hetero) is 1. The molecule has 0 aromatic heterocycles. The average Bonchev–Trinajstić information content (AvgIpc) is 2.57. The molecule has 0 radical (unpaired) electrons. The third-order valence-corrected chi connectivity index (χ3v) is 4.22. The zero-order valence-corrected chi connectivity index (χ0v) is 15.7. The lowest BCUT2D eigenvalue weighted by Gasteiger charge is -2.05. The van der Waals surface area contributed by atoms with Crippen LogP contribution in [0.3, 0.4) is 0 Å². The highest BCUT2D eigenvalue weighted by Gasteiger charge is 2.08. The maximum absolute atomic E-state index is 11.7. The minimum absolute atomic E-state index is 0.247. The highest BCUT2D eigenvalue weighted by molar-refractivity contribution is 5.80. The number of hydrogen-bond donors (Lipinski definition) is 0. The summed E-state index contributed by atoms with van der Waals surface area (Å²) >= 11 is 0. The van der Waals surface area contributed by atoms with E-state index in [1.165, 1.54) is 25.7 Å². The summed E-state index contributed by atoms with van der Waals surface area (Å²) in [7, 11) is 0. The van der Waals surface area contributed by atoms with Gasteiger partial charge < -0.3 is 0 Å². The fraction of sp³-hybridized carbons (Fsp3) is 0.682. The lowest BCUT2D eigenvalue weighted by molar-refractivity contribution is -0.122. The normalized spacial score (nSPS) is 13.5. The highest BCUT2D eigenvalue weighted by atomic mass is 16.1. The molecule has 0 saturated heterocycles. The fourth-order valence-corrected chi connectivity index (χ4v) is 2.33. The SMILES string of the molecule is CCCCC/C=C\C/C=C\C/C=C\CCCCC(=O)C(C)CC. The molecule has 0 heterocycles. The van der Waals surface area contributed by atoms with E-state index in [1.807, 2.05) is 6.92 Å². The Morgan fingerprint density at radius 1 is 0.783 bits per heavy atom. The smallest absolute Gasteiger partial charge is 0.135 e. The number of rotatable bonds is 15. The lowest BCUT2D eigenvalue weighted by atomic mass is 9.99. The van der Waals surface area contributed by atoms with Crippen LogP contribution in [0.1, 0.15) is 91.4 Å². The Balaban J connectivity index is 3.43. The van der Waals surface area contributed by atoms with Crippen molar-refractivity contribution in [3.8, 4) is 0 Å². The number of allylic oxidation sites excluding steroid dienone is 6. The molecule has 23 heavy (non-hydrogen) atoms. The monoisotopic (exact) mass is 318 g/mol. The van der Waals surface area contributed by atoms with E-state index in [-0.39, 0.29) is 5.92 Å². The number of carbonyl (C=O) groups excluding carboxylic acids is 1. The summed E-state index contributed by atoms with van der Waals surface area (Å²) in [6.45, 7) is 6.36. The molecule has 0 spiro atoms. The van der Waals surface area contributed by atoms with E-state index >= 15 is 0 Å². The molecule has 1 unspecified atom stereocenters. The van der Waals surface area contributed by atoms with E-state index in [4.69, 9.17) is 0 Å². The minimum Gasteiger partial charge on any atom is -0.299 e. The third-order valence-electron chi connectivity index (χ3n) is 4.22. The van der Waals surface area contributed by atoms with Crippen LogP contribution in [-0.4, -0.2) is 5.78 Å². The molecule has 1 atom stereocenters. The van der Waals surface area contributed by atoms with Crippen LogP contribution in [0, 0.1) is 5.92 Å². The van der Waals surface area contributed by atoms with Crippen LogP contribution in [-0.2, 0) is 4.79 Å². The zero-order valence-electron chi connectivity index (χ0n) is 15.7. The summed E-state index contributed by atoms with van der Waals surface area (Å²) in [5, 5.41) is 0. The quantitative estimate of drug-likeness (QED) is 0.230. The van der Waals surface area contributed by atoms with Crippen LogP contribution < -0.4 is 0 Å². The molecule has 0 N–H and O–H groups in total. The van der Waals surface area contributed by atoms with Gasteiger partial charge in [-0.3, -0.25) is 4.79 Å². The second-order valence-corrected chi connectivity index (χ2v) is 6.40. The van der Waals surface area contributed by atoms with Gasteiger partial charge in [-0.25, -0.2) is 0 Å². The maximum Gasteiger partial charge on any atom is 0.135 e. The number of hydrogen-bond acceptors (Lipinski definition) is 1. The van der Waals surface area contributed by atoms with Crippen molar-refractivity contribution >= 4 is 5.78 Å². The Hall–Kier alpha value is -1.11. The second-order valence-electron chi connectivity index (χ2n) is 6.40. The molecule has 0 bridgehead atoms. The Morgan fingerprint density at radius 2 is 1.30 bits per heavy atom. The van der Waals surface area contributed by atoms with Gasteiger partial charge in [0.1, 0.15) is 5.78 Å². The first kappa shape index (κ1) is 21.9. The third kappa shape index (κ3) is 15.6. The molecule has 0 amide bonds. The van der Waals surface area contributed by atoms with Crippen molar-refractivity contribution < 1.29 is 4.79 Å². The topological polar surface area (TPSA) is 17.1 Å². The molecular weight excluding hydrogens is 280 g/mol. The van der Waals surface area contributed by atoms with E-state index in [0.29, 0.717) is 5.78 Å². The standard InChI is InChI=1S/C22H38O/c1-4-6-7-8-9-10-11-12-13-14-15-16-17-18-19-20-22(23)21(3)5-2/h9-10,12-13,15-16,21H,4-8,11,14,17-20H2,1-3H3/b10-9-,13-12-,16-15-. The van der Waals surface area contributed by atoms with Gasteiger partial charge in [-0.2, -0.15) is 0 Å². The Kier molecular flexibility index (Phi) is 16.4. The van der Waals surface area contributed by atoms with Crippen molar-refractivity contribution in [3.63, 3.8) is 0 Å². The van der Waals surface area contributed by atoms with E-state index < -0.39 is 0 Å². The molecule has 0 aliphatic rings. The van der Waals surface area contributed by atoms with Gasteiger partial charge in [-0.05, 0) is 51.4 Å². The van der Waals surface area contributed by atoms with Crippen molar-refractivity contribution in [2.24, 2.45) is 5.92 Å². The summed E-state index contributed by atoms with van der Waals surface area (Å²) in [5.41, 5.74) is 0. The molecule has 132 valence electrons. The summed E-state index contributed by atoms with van der Waals surface area (Å²) < 4.78 is 0. The maximum atomic E-state index is 11.7. The predicted molar refractivity (Wildman–Crippen MR) is 104 cm³/mol. The van der Waals surface area contributed by atoms with Crippen LogP contribution in [0.5, 0.6) is 0 Å². The molecule has 1 nitrogen and oxygen atoms in total. The van der Waals surface area contributed by atoms with E-state index in [1.54, 1.807) is 0 Å². The summed E-state index contributed by atoms with van der Waals surface area (Å²) in [5.74, 6) is 0.679. The van der Waals surface area contributed by atoms with E-state index in [9.17, 15) is 4.79 Å². The van der Waals surface area contributed by atoms with Gasteiger partial charge in [-0.15, -0.1) is 0 Å². The first-order valence-corrected chi connectivity index (χ1v) is 9.70. The van der Waals surface area contributed by atoms with Crippen LogP contribution in [0.2, 0.25) is 0 Å². The van der Waals surface area contributed by atoms with Gasteiger partial charge >= 0.3 is 0 Å². The molecule has 0 aromatic rings. The Morgan fingerprint density at radius 3 is 1.83 bits per heavy atom. The number of unbranched alkanes of at least 4 members (excludes halogenated alkanes) is 5. The first-order chi connectivity index (χ1) is 11.2. The van der Waals surface area contributed by atoms with Gasteiger partial charge in [-0.1, -0.05) is 70.1 Å². The molecule has 0 aliphatic heterocycles. The summed E-state index contributed by atoms with van der Waals surface area (Å²) in [6, 6.07) is 0. The van der Waals surface area contributed by atoms with Crippen molar-refractivity contribution in [1.82, 2.24) is 0 Å². The van der Waals surface area contributed by atoms with E-state index in [2.05, 4.69) is 50.3 Å². The average molecular weight is 319 g/mol. The molecule has 0 saturated carbocycles. The van der Waals surface area contributed by atoms with Crippen LogP contribution >= 0.6 is 0 Å². The molecule has 1 heteroatoms. The Bertz CT molecular complexity index is 349. The van der Waals surface area contributed by atoms with Gasteiger partial charge in [0.2, 0.25) is 0 Å². The fourth-order valence-electron chi connectivity index (χ4n) is 2.33. The van der Waals surface area contributed by atoms with E-state index in [0.717, 1.165) is 44.9 Å². The van der Waals surface area contributed by atoms with Crippen LogP contribution in [0.15, 0.2) is 36.5 Å². The molecule has 0 aromatic carbocycles. The first-order valence-electron chi connectivity index (χ1n) is 9.70. The minimum atomic E-state index is 0.247. The predicted octanol–water partition coefficient (Wildman–Crippen LogP) is 7.19. The second kappa shape index (κ2) is 17.2. The van der Waals surface area contributed by atoms with Gasteiger partial charge in [0.25, 0.3) is 0 Å². The Labute approximate surface area is 144 Å². The molecular formula is C22H38O. The largest absolute Gasteiger partial charge is 0.299 e. The van der Waals surface area contributed by atoms with Crippen molar-refractivity contribution in [2.45, 2.75) is 91.4 Å². The number of carbonyl (C=O) groups is 1. The van der Waals surface area contributed by atoms with Crippen LogP contribution in [0.25, 0.3) is 0 Å². The highest BCUT2D eigenvalue weighted by Crippen LogP contribution is 2.10. The summed E-state index contributed by atoms with van der Waals surface area (Å²) in [6.07, 6.45) is 25.8. The van der Waals surface area contributed by atoms with Crippen molar-refractivity contribution in [3.05, 3.63) is 36.5 Å². The lowest BCUT2D eigenvalue weighted by Crippen LogP contribution is -2.08. The summed E-state index contributed by atoms with van der Waals surface area (Å²) in [4.78, 5) is 11.7. The molecule has 0 rings (SSSR count). The van der Waals surface area contributed by atoms with Gasteiger partial charge in [0, 0.05) is 12.3 Å². The van der Waals surface area contributed by atoms with Crippen molar-refractivity contribution in [1.29, 1.82) is 0 Å².